The fourth-order valence-corrected chi connectivity index (χ4v) is 3.29. The first-order valence-electron chi connectivity index (χ1n) is 5.59. The summed E-state index contributed by atoms with van der Waals surface area (Å²) in [7, 11) is 0. The van der Waals surface area contributed by atoms with Crippen molar-refractivity contribution in [3.05, 3.63) is 29.8 Å². The number of hydrogen-bond donors (Lipinski definition) is 1. The summed E-state index contributed by atoms with van der Waals surface area (Å²) in [5.74, 6) is 2.14. The maximum Gasteiger partial charge on any atom is 0.122 e. The second-order valence-corrected chi connectivity index (χ2v) is 5.34. The maximum atomic E-state index is 6.19. The number of hydrogen-bond acceptors (Lipinski definition) is 2. The molecule has 0 saturated heterocycles. The van der Waals surface area contributed by atoms with E-state index in [1.54, 1.807) is 0 Å². The van der Waals surface area contributed by atoms with Gasteiger partial charge in [0.25, 0.3) is 0 Å². The predicted molar refractivity (Wildman–Crippen MR) is 59.9 cm³/mol. The van der Waals surface area contributed by atoms with E-state index >= 15 is 0 Å². The Bertz CT molecular complexity index is 399. The fourth-order valence-electron chi connectivity index (χ4n) is 3.29. The van der Waals surface area contributed by atoms with Crippen LogP contribution in [0.1, 0.15) is 25.3 Å². The Kier molecular flexibility index (Phi) is 1.70. The van der Waals surface area contributed by atoms with Crippen molar-refractivity contribution in [2.75, 3.05) is 6.61 Å². The Morgan fingerprint density at radius 1 is 1.33 bits per heavy atom. The summed E-state index contributed by atoms with van der Waals surface area (Å²) in [5.41, 5.74) is 7.75. The molecular weight excluding hydrogens is 186 g/mol. The number of nitrogens with two attached hydrogens (primary N) is 1. The van der Waals surface area contributed by atoms with Gasteiger partial charge in [-0.2, -0.15) is 0 Å². The standard InChI is InChI=1S/C13H17NO/c1-13(2)11-8-5-3-4-6-10(8)15-7-9(11)12(13)14/h3-6,9,11-12H,7,14H2,1-2H3. The van der Waals surface area contributed by atoms with Crippen LogP contribution in [0.3, 0.4) is 0 Å². The van der Waals surface area contributed by atoms with Gasteiger partial charge in [-0.15, -0.1) is 0 Å². The molecule has 80 valence electrons. The number of rotatable bonds is 0. The second-order valence-electron chi connectivity index (χ2n) is 5.34. The van der Waals surface area contributed by atoms with E-state index in [9.17, 15) is 0 Å². The van der Waals surface area contributed by atoms with Crippen LogP contribution in [0.5, 0.6) is 5.75 Å². The quantitative estimate of drug-likeness (QED) is 0.701. The van der Waals surface area contributed by atoms with Crippen molar-refractivity contribution in [3.8, 4) is 5.75 Å². The zero-order chi connectivity index (χ0) is 10.6. The minimum Gasteiger partial charge on any atom is -0.493 e. The fraction of sp³-hybridized carbons (Fsp3) is 0.538. The molecule has 3 rings (SSSR count). The van der Waals surface area contributed by atoms with E-state index in [1.807, 2.05) is 6.07 Å². The van der Waals surface area contributed by atoms with Gasteiger partial charge in [0.15, 0.2) is 0 Å². The van der Waals surface area contributed by atoms with Gasteiger partial charge in [0, 0.05) is 17.9 Å². The van der Waals surface area contributed by atoms with Crippen LogP contribution in [0, 0.1) is 11.3 Å². The first kappa shape index (κ1) is 9.22. The van der Waals surface area contributed by atoms with Crippen molar-refractivity contribution in [1.82, 2.24) is 0 Å². The van der Waals surface area contributed by atoms with Crippen LogP contribution in [0.4, 0.5) is 0 Å². The van der Waals surface area contributed by atoms with E-state index in [4.69, 9.17) is 10.5 Å². The SMILES string of the molecule is CC1(C)C(N)C2COc3ccccc3C21. The summed E-state index contributed by atoms with van der Waals surface area (Å²) in [6.07, 6.45) is 0. The van der Waals surface area contributed by atoms with Crippen molar-refractivity contribution < 1.29 is 4.74 Å². The van der Waals surface area contributed by atoms with Gasteiger partial charge in [-0.3, -0.25) is 0 Å². The molecule has 0 bridgehead atoms. The molecule has 0 amide bonds. The molecule has 15 heavy (non-hydrogen) atoms. The third-order valence-electron chi connectivity index (χ3n) is 4.24. The van der Waals surface area contributed by atoms with E-state index in [0.717, 1.165) is 12.4 Å². The van der Waals surface area contributed by atoms with Crippen LogP contribution in [0.25, 0.3) is 0 Å². The number of fused-ring (bicyclic) bond motifs is 3. The molecule has 1 saturated carbocycles. The Hall–Kier alpha value is -1.02. The van der Waals surface area contributed by atoms with Crippen LogP contribution in [0.15, 0.2) is 24.3 Å². The average Bonchev–Trinajstić information content (AvgIpc) is 2.26. The van der Waals surface area contributed by atoms with Crippen LogP contribution in [0.2, 0.25) is 0 Å². The number of para-hydroxylation sites is 1. The summed E-state index contributed by atoms with van der Waals surface area (Å²) in [6, 6.07) is 8.64. The van der Waals surface area contributed by atoms with Crippen LogP contribution in [-0.4, -0.2) is 12.6 Å². The topological polar surface area (TPSA) is 35.2 Å². The highest BCUT2D eigenvalue weighted by atomic mass is 16.5. The summed E-state index contributed by atoms with van der Waals surface area (Å²) in [4.78, 5) is 0. The lowest BCUT2D eigenvalue weighted by atomic mass is 9.49. The Morgan fingerprint density at radius 3 is 2.87 bits per heavy atom. The first-order chi connectivity index (χ1) is 7.12. The number of benzene rings is 1. The zero-order valence-electron chi connectivity index (χ0n) is 9.23. The molecule has 2 heteroatoms. The molecule has 1 fully saturated rings. The average molecular weight is 203 g/mol. The Morgan fingerprint density at radius 2 is 2.07 bits per heavy atom. The molecule has 1 aromatic rings. The van der Waals surface area contributed by atoms with Gasteiger partial charge >= 0.3 is 0 Å². The molecule has 1 aromatic carbocycles. The Balaban J connectivity index is 2.07. The molecule has 0 spiro atoms. The Labute approximate surface area is 90.4 Å². The monoisotopic (exact) mass is 203 g/mol. The molecule has 1 heterocycles. The van der Waals surface area contributed by atoms with Gasteiger partial charge < -0.3 is 10.5 Å². The smallest absolute Gasteiger partial charge is 0.122 e. The van der Waals surface area contributed by atoms with Gasteiger partial charge in [0.1, 0.15) is 5.75 Å². The molecule has 2 nitrogen and oxygen atoms in total. The van der Waals surface area contributed by atoms with E-state index in [2.05, 4.69) is 32.0 Å². The highest BCUT2D eigenvalue weighted by Gasteiger charge is 2.57. The largest absolute Gasteiger partial charge is 0.493 e. The van der Waals surface area contributed by atoms with E-state index in [0.29, 0.717) is 11.8 Å². The minimum absolute atomic E-state index is 0.213. The summed E-state index contributed by atoms with van der Waals surface area (Å²) in [5, 5.41) is 0. The normalized spacial score (nSPS) is 35.8. The molecule has 3 unspecified atom stereocenters. The van der Waals surface area contributed by atoms with E-state index in [-0.39, 0.29) is 11.5 Å². The second kappa shape index (κ2) is 2.76. The van der Waals surface area contributed by atoms with Crippen LogP contribution >= 0.6 is 0 Å². The molecule has 2 N–H and O–H groups in total. The minimum atomic E-state index is 0.213. The third kappa shape index (κ3) is 1.03. The van der Waals surface area contributed by atoms with Gasteiger partial charge in [-0.1, -0.05) is 32.0 Å². The van der Waals surface area contributed by atoms with E-state index in [1.165, 1.54) is 5.56 Å². The lowest BCUT2D eigenvalue weighted by molar-refractivity contribution is -0.0305. The summed E-state index contributed by atoms with van der Waals surface area (Å²) < 4.78 is 5.74. The van der Waals surface area contributed by atoms with Crippen molar-refractivity contribution >= 4 is 0 Å². The summed E-state index contributed by atoms with van der Waals surface area (Å²) >= 11 is 0. The van der Waals surface area contributed by atoms with Gasteiger partial charge in [0.05, 0.1) is 6.61 Å². The molecule has 1 aliphatic heterocycles. The molecular formula is C13H17NO. The van der Waals surface area contributed by atoms with Crippen LogP contribution < -0.4 is 10.5 Å². The first-order valence-corrected chi connectivity index (χ1v) is 5.59. The predicted octanol–water partition coefficient (Wildman–Crippen LogP) is 2.15. The molecule has 1 aliphatic carbocycles. The van der Waals surface area contributed by atoms with Gasteiger partial charge in [-0.05, 0) is 17.0 Å². The molecule has 3 atom stereocenters. The zero-order valence-corrected chi connectivity index (χ0v) is 9.23. The van der Waals surface area contributed by atoms with Crippen molar-refractivity contribution in [2.45, 2.75) is 25.8 Å². The maximum absolute atomic E-state index is 6.19. The van der Waals surface area contributed by atoms with Crippen molar-refractivity contribution in [3.63, 3.8) is 0 Å². The highest BCUT2D eigenvalue weighted by molar-refractivity contribution is 5.43. The lowest BCUT2D eigenvalue weighted by Gasteiger charge is -2.59. The number of ether oxygens (including phenoxy) is 1. The van der Waals surface area contributed by atoms with Crippen molar-refractivity contribution in [2.24, 2.45) is 17.1 Å². The van der Waals surface area contributed by atoms with Gasteiger partial charge in [0.2, 0.25) is 0 Å². The molecule has 0 aromatic heterocycles. The van der Waals surface area contributed by atoms with Crippen molar-refractivity contribution in [1.29, 1.82) is 0 Å². The lowest BCUT2D eigenvalue weighted by Crippen LogP contribution is -2.63. The third-order valence-corrected chi connectivity index (χ3v) is 4.24. The van der Waals surface area contributed by atoms with Crippen LogP contribution in [-0.2, 0) is 0 Å². The highest BCUT2D eigenvalue weighted by Crippen LogP contribution is 2.59. The summed E-state index contributed by atoms with van der Waals surface area (Å²) in [6.45, 7) is 5.31. The van der Waals surface area contributed by atoms with E-state index < -0.39 is 0 Å². The molecule has 0 radical (unpaired) electrons. The van der Waals surface area contributed by atoms with Gasteiger partial charge in [-0.25, -0.2) is 0 Å². The molecule has 2 aliphatic rings.